The first-order chi connectivity index (χ1) is 8.90. The van der Waals surface area contributed by atoms with Crippen LogP contribution in [0.5, 0.6) is 5.75 Å². The summed E-state index contributed by atoms with van der Waals surface area (Å²) in [7, 11) is 1.66. The Morgan fingerprint density at radius 2 is 2.11 bits per heavy atom. The van der Waals surface area contributed by atoms with E-state index in [4.69, 9.17) is 4.74 Å². The predicted octanol–water partition coefficient (Wildman–Crippen LogP) is 2.89. The van der Waals surface area contributed by atoms with Gasteiger partial charge in [-0.15, -0.1) is 11.8 Å². The molecule has 0 aromatic heterocycles. The summed E-state index contributed by atoms with van der Waals surface area (Å²) in [6.07, 6.45) is 0.823. The number of amides is 1. The first kappa shape index (κ1) is 15.9. The Labute approximate surface area is 120 Å². The molecule has 0 atom stereocenters. The number of benzene rings is 1. The number of carbonyl (C=O) groups is 1. The SMILES string of the molecule is COc1cccc(CCNC(=O)CSC(C)(C)C)c1. The first-order valence-electron chi connectivity index (χ1n) is 6.44. The van der Waals surface area contributed by atoms with E-state index >= 15 is 0 Å². The summed E-state index contributed by atoms with van der Waals surface area (Å²) in [5, 5.41) is 2.94. The van der Waals surface area contributed by atoms with E-state index in [0.29, 0.717) is 12.3 Å². The third-order valence-electron chi connectivity index (χ3n) is 2.51. The molecule has 0 aliphatic heterocycles. The van der Waals surface area contributed by atoms with Gasteiger partial charge in [-0.1, -0.05) is 32.9 Å². The monoisotopic (exact) mass is 281 g/mol. The second-order valence-electron chi connectivity index (χ2n) is 5.35. The van der Waals surface area contributed by atoms with Gasteiger partial charge in [0.2, 0.25) is 5.91 Å². The highest BCUT2D eigenvalue weighted by Crippen LogP contribution is 2.22. The van der Waals surface area contributed by atoms with E-state index < -0.39 is 0 Å². The number of carbonyl (C=O) groups excluding carboxylic acids is 1. The Morgan fingerprint density at radius 1 is 1.37 bits per heavy atom. The first-order valence-corrected chi connectivity index (χ1v) is 7.43. The number of rotatable bonds is 6. The van der Waals surface area contributed by atoms with Gasteiger partial charge < -0.3 is 10.1 Å². The zero-order chi connectivity index (χ0) is 14.3. The maximum atomic E-state index is 11.6. The van der Waals surface area contributed by atoms with Crippen LogP contribution in [0.1, 0.15) is 26.3 Å². The summed E-state index contributed by atoms with van der Waals surface area (Å²) in [6.45, 7) is 7.00. The van der Waals surface area contributed by atoms with Crippen LogP contribution in [0.3, 0.4) is 0 Å². The van der Waals surface area contributed by atoms with Crippen molar-refractivity contribution >= 4 is 17.7 Å². The molecule has 0 spiro atoms. The van der Waals surface area contributed by atoms with Crippen molar-refractivity contribution in [2.45, 2.75) is 31.9 Å². The fourth-order valence-corrected chi connectivity index (χ4v) is 2.17. The quantitative estimate of drug-likeness (QED) is 0.871. The van der Waals surface area contributed by atoms with Crippen molar-refractivity contribution < 1.29 is 9.53 Å². The second-order valence-corrected chi connectivity index (χ2v) is 7.15. The van der Waals surface area contributed by atoms with E-state index in [1.807, 2.05) is 24.3 Å². The van der Waals surface area contributed by atoms with Gasteiger partial charge in [0.25, 0.3) is 0 Å². The van der Waals surface area contributed by atoms with Gasteiger partial charge >= 0.3 is 0 Å². The second kappa shape index (κ2) is 7.43. The summed E-state index contributed by atoms with van der Waals surface area (Å²) < 4.78 is 5.30. The molecular weight excluding hydrogens is 258 g/mol. The highest BCUT2D eigenvalue weighted by atomic mass is 32.2. The molecule has 19 heavy (non-hydrogen) atoms. The molecule has 0 saturated heterocycles. The minimum atomic E-state index is 0.0998. The summed E-state index contributed by atoms with van der Waals surface area (Å²) in [5.74, 6) is 1.47. The molecule has 3 nitrogen and oxygen atoms in total. The number of hydrogen-bond donors (Lipinski definition) is 1. The van der Waals surface area contributed by atoms with E-state index in [1.54, 1.807) is 18.9 Å². The molecule has 1 amide bonds. The highest BCUT2D eigenvalue weighted by molar-refractivity contribution is 8.01. The highest BCUT2D eigenvalue weighted by Gasteiger charge is 2.12. The van der Waals surface area contributed by atoms with Crippen molar-refractivity contribution in [2.75, 3.05) is 19.4 Å². The molecule has 0 unspecified atom stereocenters. The van der Waals surface area contributed by atoms with Crippen LogP contribution in [-0.2, 0) is 11.2 Å². The van der Waals surface area contributed by atoms with Gasteiger partial charge in [0.1, 0.15) is 5.75 Å². The van der Waals surface area contributed by atoms with Crippen LogP contribution in [0.4, 0.5) is 0 Å². The zero-order valence-electron chi connectivity index (χ0n) is 12.2. The lowest BCUT2D eigenvalue weighted by Crippen LogP contribution is -2.28. The summed E-state index contributed by atoms with van der Waals surface area (Å²) in [5.41, 5.74) is 1.17. The van der Waals surface area contributed by atoms with E-state index in [2.05, 4.69) is 26.1 Å². The lowest BCUT2D eigenvalue weighted by molar-refractivity contribution is -0.118. The smallest absolute Gasteiger partial charge is 0.230 e. The Bertz CT molecular complexity index is 413. The van der Waals surface area contributed by atoms with Gasteiger partial charge in [0.15, 0.2) is 0 Å². The fourth-order valence-electron chi connectivity index (χ4n) is 1.51. The maximum absolute atomic E-state index is 11.6. The molecule has 0 heterocycles. The molecule has 0 fully saturated rings. The zero-order valence-corrected chi connectivity index (χ0v) is 13.0. The number of ether oxygens (including phenoxy) is 1. The van der Waals surface area contributed by atoms with Crippen molar-refractivity contribution in [3.05, 3.63) is 29.8 Å². The fraction of sp³-hybridized carbons (Fsp3) is 0.533. The van der Waals surface area contributed by atoms with E-state index in [9.17, 15) is 4.79 Å². The van der Waals surface area contributed by atoms with Crippen LogP contribution in [0.2, 0.25) is 0 Å². The molecule has 106 valence electrons. The normalized spacial score (nSPS) is 11.2. The molecular formula is C15H23NO2S. The van der Waals surface area contributed by atoms with Crippen LogP contribution in [0.15, 0.2) is 24.3 Å². The molecule has 4 heteroatoms. The average Bonchev–Trinajstić information content (AvgIpc) is 2.36. The van der Waals surface area contributed by atoms with Gasteiger partial charge in [-0.2, -0.15) is 0 Å². The Kier molecular flexibility index (Phi) is 6.22. The molecule has 0 radical (unpaired) electrons. The Morgan fingerprint density at radius 3 is 2.74 bits per heavy atom. The van der Waals surface area contributed by atoms with E-state index in [-0.39, 0.29) is 10.7 Å². The number of thioether (sulfide) groups is 1. The van der Waals surface area contributed by atoms with Crippen molar-refractivity contribution in [3.63, 3.8) is 0 Å². The Balaban J connectivity index is 2.28. The summed E-state index contributed by atoms with van der Waals surface area (Å²) in [6, 6.07) is 7.92. The van der Waals surface area contributed by atoms with Crippen LogP contribution in [0, 0.1) is 0 Å². The number of methoxy groups -OCH3 is 1. The van der Waals surface area contributed by atoms with Crippen molar-refractivity contribution in [3.8, 4) is 5.75 Å². The maximum Gasteiger partial charge on any atom is 0.230 e. The van der Waals surface area contributed by atoms with Crippen LogP contribution >= 0.6 is 11.8 Å². The minimum absolute atomic E-state index is 0.0998. The van der Waals surface area contributed by atoms with Crippen molar-refractivity contribution in [1.82, 2.24) is 5.32 Å². The molecule has 1 N–H and O–H groups in total. The lowest BCUT2D eigenvalue weighted by Gasteiger charge is -2.17. The number of nitrogens with one attached hydrogen (secondary N) is 1. The van der Waals surface area contributed by atoms with Crippen molar-refractivity contribution in [2.24, 2.45) is 0 Å². The lowest BCUT2D eigenvalue weighted by atomic mass is 10.1. The van der Waals surface area contributed by atoms with E-state index in [1.165, 1.54) is 5.56 Å². The summed E-state index contributed by atoms with van der Waals surface area (Å²) >= 11 is 1.66. The van der Waals surface area contributed by atoms with Gasteiger partial charge in [0.05, 0.1) is 12.9 Å². The third kappa shape index (κ3) is 7.11. The third-order valence-corrected chi connectivity index (χ3v) is 3.78. The van der Waals surface area contributed by atoms with Crippen molar-refractivity contribution in [1.29, 1.82) is 0 Å². The van der Waals surface area contributed by atoms with E-state index in [0.717, 1.165) is 12.2 Å². The molecule has 0 aliphatic carbocycles. The molecule has 0 aliphatic rings. The molecule has 1 rings (SSSR count). The largest absolute Gasteiger partial charge is 0.497 e. The average molecular weight is 281 g/mol. The summed E-state index contributed by atoms with van der Waals surface area (Å²) in [4.78, 5) is 11.6. The molecule has 1 aromatic carbocycles. The number of hydrogen-bond acceptors (Lipinski definition) is 3. The van der Waals surface area contributed by atoms with Gasteiger partial charge in [-0.3, -0.25) is 4.79 Å². The Hall–Kier alpha value is -1.16. The topological polar surface area (TPSA) is 38.3 Å². The van der Waals surface area contributed by atoms with Gasteiger partial charge in [-0.05, 0) is 24.1 Å². The standard InChI is InChI=1S/C15H23NO2S/c1-15(2,3)19-11-14(17)16-9-8-12-6-5-7-13(10-12)18-4/h5-7,10H,8-9,11H2,1-4H3,(H,16,17). The molecule has 1 aromatic rings. The molecule has 0 bridgehead atoms. The van der Waals surface area contributed by atoms with Crippen LogP contribution < -0.4 is 10.1 Å². The molecule has 0 saturated carbocycles. The van der Waals surface area contributed by atoms with Crippen LogP contribution in [0.25, 0.3) is 0 Å². The van der Waals surface area contributed by atoms with Crippen LogP contribution in [-0.4, -0.2) is 30.1 Å². The minimum Gasteiger partial charge on any atom is -0.497 e. The van der Waals surface area contributed by atoms with Gasteiger partial charge in [0, 0.05) is 11.3 Å². The predicted molar refractivity (Wildman–Crippen MR) is 81.9 cm³/mol. The van der Waals surface area contributed by atoms with Gasteiger partial charge in [-0.25, -0.2) is 0 Å².